The van der Waals surface area contributed by atoms with Gasteiger partial charge in [0.2, 0.25) is 0 Å². The summed E-state index contributed by atoms with van der Waals surface area (Å²) in [6.45, 7) is 5.19. The molecule has 0 aromatic heterocycles. The molecule has 4 heteroatoms. The summed E-state index contributed by atoms with van der Waals surface area (Å²) in [6.07, 6.45) is 0.946. The van der Waals surface area contributed by atoms with Crippen LogP contribution in [0.5, 0.6) is 0 Å². The Kier molecular flexibility index (Phi) is 4.42. The molecule has 0 atom stereocenters. The van der Waals surface area contributed by atoms with Gasteiger partial charge < -0.3 is 15.5 Å². The summed E-state index contributed by atoms with van der Waals surface area (Å²) >= 11 is 3.53. The Hall–Kier alpha value is -0.580. The molecule has 2 N–H and O–H groups in total. The summed E-state index contributed by atoms with van der Waals surface area (Å²) < 4.78 is 1.14. The van der Waals surface area contributed by atoms with Crippen LogP contribution in [0.1, 0.15) is 5.56 Å². The maximum absolute atomic E-state index is 5.69. The fourth-order valence-electron chi connectivity index (χ4n) is 2.27. The third-order valence-corrected chi connectivity index (χ3v) is 3.79. The average Bonchev–Trinajstić information content (AvgIpc) is 2.31. The Morgan fingerprint density at radius 3 is 2.59 bits per heavy atom. The molecule has 0 spiro atoms. The molecule has 1 saturated heterocycles. The van der Waals surface area contributed by atoms with Crippen LogP contribution in [-0.4, -0.2) is 44.7 Å². The van der Waals surface area contributed by atoms with Gasteiger partial charge in [-0.05, 0) is 43.8 Å². The van der Waals surface area contributed by atoms with Crippen molar-refractivity contribution in [3.8, 4) is 0 Å². The normalized spacial score (nSPS) is 17.5. The zero-order valence-electron chi connectivity index (χ0n) is 10.3. The zero-order valence-corrected chi connectivity index (χ0v) is 11.9. The number of halogens is 1. The van der Waals surface area contributed by atoms with Crippen molar-refractivity contribution in [3.05, 3.63) is 28.2 Å². The SMILES string of the molecule is CN1CCN(c2ccc(Br)cc2CCN)CC1. The molecule has 0 amide bonds. The second-order valence-corrected chi connectivity index (χ2v) is 5.52. The molecule has 1 fully saturated rings. The first-order chi connectivity index (χ1) is 8.20. The number of benzene rings is 1. The minimum atomic E-state index is 0.706. The second kappa shape index (κ2) is 5.85. The van der Waals surface area contributed by atoms with Crippen molar-refractivity contribution in [2.45, 2.75) is 6.42 Å². The highest BCUT2D eigenvalue weighted by molar-refractivity contribution is 9.10. The number of likely N-dealkylation sites (N-methyl/N-ethyl adjacent to an activating group) is 1. The van der Waals surface area contributed by atoms with E-state index in [4.69, 9.17) is 5.73 Å². The first-order valence-corrected chi connectivity index (χ1v) is 6.92. The fraction of sp³-hybridized carbons (Fsp3) is 0.538. The number of rotatable bonds is 3. The molecule has 1 heterocycles. The number of hydrogen-bond acceptors (Lipinski definition) is 3. The van der Waals surface area contributed by atoms with Gasteiger partial charge in [-0.25, -0.2) is 0 Å². The number of piperazine rings is 1. The highest BCUT2D eigenvalue weighted by atomic mass is 79.9. The van der Waals surface area contributed by atoms with Crippen LogP contribution in [0.2, 0.25) is 0 Å². The molecule has 0 radical (unpaired) electrons. The van der Waals surface area contributed by atoms with Gasteiger partial charge in [-0.3, -0.25) is 0 Å². The molecule has 1 aromatic carbocycles. The molecule has 0 bridgehead atoms. The molecule has 2 rings (SSSR count). The summed E-state index contributed by atoms with van der Waals surface area (Å²) in [5.41, 5.74) is 8.40. The van der Waals surface area contributed by atoms with E-state index in [1.807, 2.05) is 0 Å². The zero-order chi connectivity index (χ0) is 12.3. The number of nitrogens with zero attached hydrogens (tertiary/aromatic N) is 2. The molecular formula is C13H20BrN3. The predicted octanol–water partition coefficient (Wildman–Crippen LogP) is 1.70. The molecule has 3 nitrogen and oxygen atoms in total. The van der Waals surface area contributed by atoms with E-state index in [9.17, 15) is 0 Å². The van der Waals surface area contributed by atoms with Gasteiger partial charge in [0, 0.05) is 36.3 Å². The lowest BCUT2D eigenvalue weighted by atomic mass is 10.1. The van der Waals surface area contributed by atoms with Crippen molar-refractivity contribution in [2.24, 2.45) is 5.73 Å². The van der Waals surface area contributed by atoms with Gasteiger partial charge in [-0.1, -0.05) is 15.9 Å². The van der Waals surface area contributed by atoms with Gasteiger partial charge in [-0.15, -0.1) is 0 Å². The van der Waals surface area contributed by atoms with E-state index in [1.165, 1.54) is 11.3 Å². The summed E-state index contributed by atoms with van der Waals surface area (Å²) in [5.74, 6) is 0. The van der Waals surface area contributed by atoms with E-state index < -0.39 is 0 Å². The summed E-state index contributed by atoms with van der Waals surface area (Å²) in [5, 5.41) is 0. The summed E-state index contributed by atoms with van der Waals surface area (Å²) in [6, 6.07) is 6.52. The highest BCUT2D eigenvalue weighted by Crippen LogP contribution is 2.25. The standard InChI is InChI=1S/C13H20BrN3/c1-16-6-8-17(9-7-16)13-3-2-12(14)10-11(13)4-5-15/h2-3,10H,4-9,15H2,1H3. The average molecular weight is 298 g/mol. The molecule has 1 aliphatic rings. The molecule has 0 aliphatic carbocycles. The highest BCUT2D eigenvalue weighted by Gasteiger charge is 2.16. The van der Waals surface area contributed by atoms with E-state index in [2.05, 4.69) is 51.0 Å². The molecule has 0 saturated carbocycles. The van der Waals surface area contributed by atoms with E-state index in [-0.39, 0.29) is 0 Å². The lowest BCUT2D eigenvalue weighted by molar-refractivity contribution is 0.312. The van der Waals surface area contributed by atoms with Crippen molar-refractivity contribution in [1.82, 2.24) is 4.90 Å². The van der Waals surface area contributed by atoms with Crippen LogP contribution in [0.25, 0.3) is 0 Å². The maximum Gasteiger partial charge on any atom is 0.0400 e. The Labute approximate surface area is 112 Å². The van der Waals surface area contributed by atoms with Crippen LogP contribution in [0.4, 0.5) is 5.69 Å². The molecule has 1 aromatic rings. The fourth-order valence-corrected chi connectivity index (χ4v) is 2.67. The third-order valence-electron chi connectivity index (χ3n) is 3.30. The van der Waals surface area contributed by atoms with Crippen molar-refractivity contribution in [2.75, 3.05) is 44.7 Å². The van der Waals surface area contributed by atoms with Crippen molar-refractivity contribution in [1.29, 1.82) is 0 Å². The number of hydrogen-bond donors (Lipinski definition) is 1. The maximum atomic E-state index is 5.69. The van der Waals surface area contributed by atoms with Gasteiger partial charge in [0.25, 0.3) is 0 Å². The van der Waals surface area contributed by atoms with E-state index in [1.54, 1.807) is 0 Å². The van der Waals surface area contributed by atoms with Crippen LogP contribution < -0.4 is 10.6 Å². The largest absolute Gasteiger partial charge is 0.369 e. The van der Waals surface area contributed by atoms with Gasteiger partial charge in [0.05, 0.1) is 0 Å². The van der Waals surface area contributed by atoms with Crippen LogP contribution in [0, 0.1) is 0 Å². The van der Waals surface area contributed by atoms with Gasteiger partial charge in [-0.2, -0.15) is 0 Å². The minimum Gasteiger partial charge on any atom is -0.369 e. The first kappa shape index (κ1) is 12.9. The lowest BCUT2D eigenvalue weighted by Gasteiger charge is -2.35. The van der Waals surface area contributed by atoms with Gasteiger partial charge >= 0.3 is 0 Å². The van der Waals surface area contributed by atoms with E-state index in [0.29, 0.717) is 6.54 Å². The molecule has 0 unspecified atom stereocenters. The third kappa shape index (κ3) is 3.21. The molecule has 94 valence electrons. The quantitative estimate of drug-likeness (QED) is 0.922. The first-order valence-electron chi connectivity index (χ1n) is 6.12. The van der Waals surface area contributed by atoms with Crippen LogP contribution >= 0.6 is 15.9 Å². The van der Waals surface area contributed by atoms with E-state index >= 15 is 0 Å². The van der Waals surface area contributed by atoms with Crippen molar-refractivity contribution >= 4 is 21.6 Å². The lowest BCUT2D eigenvalue weighted by Crippen LogP contribution is -2.44. The van der Waals surface area contributed by atoms with Crippen LogP contribution in [0.3, 0.4) is 0 Å². The van der Waals surface area contributed by atoms with Crippen LogP contribution in [-0.2, 0) is 6.42 Å². The van der Waals surface area contributed by atoms with E-state index in [0.717, 1.165) is 37.1 Å². The van der Waals surface area contributed by atoms with Crippen molar-refractivity contribution < 1.29 is 0 Å². The molecule has 1 aliphatic heterocycles. The Bertz CT molecular complexity index is 373. The number of anilines is 1. The van der Waals surface area contributed by atoms with Crippen molar-refractivity contribution in [3.63, 3.8) is 0 Å². The number of nitrogens with two attached hydrogens (primary N) is 1. The summed E-state index contributed by atoms with van der Waals surface area (Å²) in [4.78, 5) is 4.84. The van der Waals surface area contributed by atoms with Gasteiger partial charge in [0.15, 0.2) is 0 Å². The summed E-state index contributed by atoms with van der Waals surface area (Å²) in [7, 11) is 2.18. The minimum absolute atomic E-state index is 0.706. The smallest absolute Gasteiger partial charge is 0.0400 e. The van der Waals surface area contributed by atoms with Gasteiger partial charge in [0.1, 0.15) is 0 Å². The predicted molar refractivity (Wildman–Crippen MR) is 76.6 cm³/mol. The monoisotopic (exact) mass is 297 g/mol. The second-order valence-electron chi connectivity index (χ2n) is 4.60. The Morgan fingerprint density at radius 1 is 1.24 bits per heavy atom. The Balaban J connectivity index is 2.18. The molecular weight excluding hydrogens is 278 g/mol. The topological polar surface area (TPSA) is 32.5 Å². The Morgan fingerprint density at radius 2 is 1.94 bits per heavy atom. The van der Waals surface area contributed by atoms with Crippen LogP contribution in [0.15, 0.2) is 22.7 Å². The molecule has 17 heavy (non-hydrogen) atoms.